The molecular weight excluding hydrogens is 473 g/mol. The van der Waals surface area contributed by atoms with Crippen molar-refractivity contribution in [1.82, 2.24) is 4.90 Å². The molecule has 0 aliphatic carbocycles. The first kappa shape index (κ1) is 24.8. The number of carbonyl (C=O) groups is 2. The highest BCUT2D eigenvalue weighted by Crippen LogP contribution is 2.33. The molecule has 2 aromatic carbocycles. The van der Waals surface area contributed by atoms with E-state index >= 15 is 0 Å². The minimum Gasteiger partial charge on any atom is -0.494 e. The number of hydrogen-bond donors (Lipinski definition) is 0. The molecule has 1 amide bonds. The Morgan fingerprint density at radius 1 is 0.941 bits per heavy atom. The van der Waals surface area contributed by atoms with Gasteiger partial charge in [-0.25, -0.2) is 0 Å². The van der Waals surface area contributed by atoms with Crippen molar-refractivity contribution in [3.8, 4) is 5.75 Å². The molecule has 0 unspecified atom stereocenters. The van der Waals surface area contributed by atoms with Gasteiger partial charge in [-0.15, -0.1) is 0 Å². The van der Waals surface area contributed by atoms with Crippen molar-refractivity contribution in [3.05, 3.63) is 52.0 Å². The number of ether oxygens (including phenoxy) is 1. The monoisotopic (exact) mass is 503 g/mol. The van der Waals surface area contributed by atoms with Gasteiger partial charge < -0.3 is 19.3 Å². The topological polar surface area (TPSA) is 53.1 Å². The molecule has 2 aliphatic heterocycles. The molecule has 1 fully saturated rings. The summed E-state index contributed by atoms with van der Waals surface area (Å²) in [7, 11) is 0. The molecule has 0 bridgehead atoms. The minimum atomic E-state index is 0.0734. The number of aldehydes is 1. The van der Waals surface area contributed by atoms with E-state index in [9.17, 15) is 9.59 Å². The first-order chi connectivity index (χ1) is 16.6. The van der Waals surface area contributed by atoms with Crippen LogP contribution in [0.15, 0.2) is 36.4 Å². The summed E-state index contributed by atoms with van der Waals surface area (Å²) in [5.74, 6) is 0.848. The predicted molar refractivity (Wildman–Crippen MR) is 138 cm³/mol. The Bertz CT molecular complexity index is 1010. The molecule has 0 aromatic heterocycles. The van der Waals surface area contributed by atoms with Crippen LogP contribution < -0.4 is 14.5 Å². The van der Waals surface area contributed by atoms with Crippen molar-refractivity contribution < 1.29 is 14.3 Å². The molecule has 6 nitrogen and oxygen atoms in total. The zero-order chi connectivity index (χ0) is 23.9. The lowest BCUT2D eigenvalue weighted by molar-refractivity contribution is -0.118. The highest BCUT2D eigenvalue weighted by molar-refractivity contribution is 6.43. The molecule has 0 radical (unpaired) electrons. The molecule has 8 heteroatoms. The van der Waals surface area contributed by atoms with Gasteiger partial charge in [0.15, 0.2) is 0 Å². The number of nitrogens with zero attached hydrogens (tertiary/aromatic N) is 3. The van der Waals surface area contributed by atoms with Gasteiger partial charge in [-0.1, -0.05) is 35.3 Å². The number of carbonyl (C=O) groups excluding carboxylic acids is 2. The van der Waals surface area contributed by atoms with Gasteiger partial charge in [0.1, 0.15) is 12.0 Å². The van der Waals surface area contributed by atoms with Crippen LogP contribution in [0.2, 0.25) is 10.0 Å². The molecule has 0 spiro atoms. The van der Waals surface area contributed by atoms with Crippen LogP contribution >= 0.6 is 23.2 Å². The molecule has 0 atom stereocenters. The van der Waals surface area contributed by atoms with Crippen LogP contribution in [0, 0.1) is 0 Å². The van der Waals surface area contributed by atoms with E-state index in [0.29, 0.717) is 36.0 Å². The molecule has 2 aliphatic rings. The maximum absolute atomic E-state index is 12.3. The molecule has 0 saturated carbocycles. The summed E-state index contributed by atoms with van der Waals surface area (Å²) in [5, 5.41) is 1.23. The number of hydrogen-bond acceptors (Lipinski definition) is 5. The normalized spacial score (nSPS) is 16.5. The smallest absolute Gasteiger partial charge is 0.227 e. The Morgan fingerprint density at radius 3 is 2.56 bits per heavy atom. The lowest BCUT2D eigenvalue weighted by atomic mass is 10.0. The Hall–Kier alpha value is -2.28. The molecule has 182 valence electrons. The molecule has 4 rings (SSSR count). The predicted octanol–water partition coefficient (Wildman–Crippen LogP) is 4.84. The first-order valence-corrected chi connectivity index (χ1v) is 12.7. The zero-order valence-electron chi connectivity index (χ0n) is 19.3. The average molecular weight is 504 g/mol. The van der Waals surface area contributed by atoms with Crippen molar-refractivity contribution in [3.63, 3.8) is 0 Å². The fourth-order valence-corrected chi connectivity index (χ4v) is 5.03. The molecule has 2 aromatic rings. The zero-order valence-corrected chi connectivity index (χ0v) is 20.9. The van der Waals surface area contributed by atoms with Crippen molar-refractivity contribution in [2.24, 2.45) is 0 Å². The van der Waals surface area contributed by atoms with Crippen molar-refractivity contribution in [2.75, 3.05) is 55.7 Å². The van der Waals surface area contributed by atoms with E-state index in [2.05, 4.69) is 9.80 Å². The Kier molecular flexibility index (Phi) is 8.70. The molecule has 0 N–H and O–H groups in total. The fraction of sp³-hybridized carbons (Fsp3) is 0.462. The SMILES string of the molecule is O=CCCN1C(=O)CCc2ccc(OCCCCN3CCN(c4cccc(Cl)c4Cl)CC3)cc21. The van der Waals surface area contributed by atoms with E-state index in [1.165, 1.54) is 0 Å². The van der Waals surface area contributed by atoms with Gasteiger partial charge in [0.2, 0.25) is 5.91 Å². The largest absolute Gasteiger partial charge is 0.494 e. The van der Waals surface area contributed by atoms with Crippen LogP contribution in [-0.4, -0.2) is 63.0 Å². The number of fused-ring (bicyclic) bond motifs is 1. The highest BCUT2D eigenvalue weighted by atomic mass is 35.5. The van der Waals surface area contributed by atoms with E-state index in [1.54, 1.807) is 4.90 Å². The average Bonchev–Trinajstić information content (AvgIpc) is 2.85. The number of piperazine rings is 1. The van der Waals surface area contributed by atoms with Crippen LogP contribution in [0.25, 0.3) is 0 Å². The number of amides is 1. The van der Waals surface area contributed by atoms with E-state index in [1.807, 2.05) is 36.4 Å². The van der Waals surface area contributed by atoms with Crippen LogP contribution in [0.5, 0.6) is 5.75 Å². The lowest BCUT2D eigenvalue weighted by Gasteiger charge is -2.36. The number of halogens is 2. The second kappa shape index (κ2) is 11.9. The van der Waals surface area contributed by atoms with Gasteiger partial charge in [0, 0.05) is 51.6 Å². The Balaban J connectivity index is 1.19. The van der Waals surface area contributed by atoms with Crippen molar-refractivity contribution in [2.45, 2.75) is 32.1 Å². The second-order valence-electron chi connectivity index (χ2n) is 8.75. The van der Waals surface area contributed by atoms with Gasteiger partial charge in [-0.05, 0) is 49.6 Å². The van der Waals surface area contributed by atoms with Gasteiger partial charge in [0.25, 0.3) is 0 Å². The maximum Gasteiger partial charge on any atom is 0.227 e. The van der Waals surface area contributed by atoms with Gasteiger partial charge in [0.05, 0.1) is 28.0 Å². The number of anilines is 2. The number of rotatable bonds is 10. The quantitative estimate of drug-likeness (QED) is 0.342. The summed E-state index contributed by atoms with van der Waals surface area (Å²) in [4.78, 5) is 29.6. The fourth-order valence-electron chi connectivity index (χ4n) is 4.61. The lowest BCUT2D eigenvalue weighted by Crippen LogP contribution is -2.46. The van der Waals surface area contributed by atoms with E-state index in [-0.39, 0.29) is 5.91 Å². The Morgan fingerprint density at radius 2 is 1.76 bits per heavy atom. The third-order valence-corrected chi connectivity index (χ3v) is 7.32. The van der Waals surface area contributed by atoms with E-state index in [4.69, 9.17) is 27.9 Å². The van der Waals surface area contributed by atoms with Crippen molar-refractivity contribution in [1.29, 1.82) is 0 Å². The third-order valence-electron chi connectivity index (χ3n) is 6.51. The summed E-state index contributed by atoms with van der Waals surface area (Å²) < 4.78 is 5.99. The van der Waals surface area contributed by atoms with Crippen LogP contribution in [0.3, 0.4) is 0 Å². The highest BCUT2D eigenvalue weighted by Gasteiger charge is 2.24. The number of benzene rings is 2. The third kappa shape index (κ3) is 6.04. The molecular formula is C26H31Cl2N3O3. The summed E-state index contributed by atoms with van der Waals surface area (Å²) in [5.41, 5.74) is 3.03. The van der Waals surface area contributed by atoms with Crippen LogP contribution in [0.4, 0.5) is 11.4 Å². The second-order valence-corrected chi connectivity index (χ2v) is 9.53. The molecule has 2 heterocycles. The van der Waals surface area contributed by atoms with Crippen LogP contribution in [0.1, 0.15) is 31.2 Å². The standard InChI is InChI=1S/C26H31Cl2N3O3/c27-22-5-3-6-23(26(22)28)30-15-13-29(14-16-30)11-1-2-18-34-21-9-7-20-8-10-25(33)31(12-4-17-32)24(20)19-21/h3,5-7,9,17,19H,1-2,4,8,10-16,18H2. The first-order valence-electron chi connectivity index (χ1n) is 12.0. The van der Waals surface area contributed by atoms with Crippen LogP contribution in [-0.2, 0) is 16.0 Å². The van der Waals surface area contributed by atoms with Crippen molar-refractivity contribution >= 4 is 46.8 Å². The summed E-state index contributed by atoms with van der Waals surface area (Å²) >= 11 is 12.5. The van der Waals surface area contributed by atoms with Gasteiger partial charge >= 0.3 is 0 Å². The van der Waals surface area contributed by atoms with Gasteiger partial charge in [-0.2, -0.15) is 0 Å². The minimum absolute atomic E-state index is 0.0734. The summed E-state index contributed by atoms with van der Waals surface area (Å²) in [6.45, 7) is 5.97. The maximum atomic E-state index is 12.3. The summed E-state index contributed by atoms with van der Waals surface area (Å²) in [6, 6.07) is 11.7. The number of unbranched alkanes of at least 4 members (excludes halogenated alkanes) is 1. The van der Waals surface area contributed by atoms with E-state index < -0.39 is 0 Å². The molecule has 1 saturated heterocycles. The number of aryl methyl sites for hydroxylation is 1. The summed E-state index contributed by atoms with van der Waals surface area (Å²) in [6.07, 6.45) is 4.46. The van der Waals surface area contributed by atoms with Gasteiger partial charge in [-0.3, -0.25) is 9.69 Å². The molecule has 34 heavy (non-hydrogen) atoms. The Labute approximate surface area is 211 Å². The van der Waals surface area contributed by atoms with E-state index in [0.717, 1.165) is 81.0 Å².